The molecule has 9 heteroatoms. The Bertz CT molecular complexity index is 1290. The van der Waals surface area contributed by atoms with E-state index in [9.17, 15) is 4.79 Å². The lowest BCUT2D eigenvalue weighted by Gasteiger charge is -2.15. The number of hydrogen-bond donors (Lipinski definition) is 1. The lowest BCUT2D eigenvalue weighted by atomic mass is 10.0. The molecule has 0 saturated heterocycles. The summed E-state index contributed by atoms with van der Waals surface area (Å²) in [7, 11) is 1.57. The van der Waals surface area contributed by atoms with Gasteiger partial charge in [-0.2, -0.15) is 9.61 Å². The molecule has 33 heavy (non-hydrogen) atoms. The molecule has 2 aromatic heterocycles. The van der Waals surface area contributed by atoms with Crippen LogP contribution in [-0.4, -0.2) is 39.4 Å². The molecule has 1 amide bonds. The number of nitrogens with one attached hydrogen (secondary N) is 1. The van der Waals surface area contributed by atoms with Gasteiger partial charge in [0.25, 0.3) is 5.91 Å². The van der Waals surface area contributed by atoms with Gasteiger partial charge in [0.2, 0.25) is 4.96 Å². The zero-order chi connectivity index (χ0) is 23.5. The minimum absolute atomic E-state index is 0.104. The number of fused-ring (bicyclic) bond motifs is 1. The van der Waals surface area contributed by atoms with Gasteiger partial charge in [-0.15, -0.1) is 10.2 Å². The number of rotatable bonds is 8. The first kappa shape index (κ1) is 22.7. The number of nitrogens with zero attached hydrogens (tertiary/aromatic N) is 4. The van der Waals surface area contributed by atoms with Gasteiger partial charge in [0.05, 0.1) is 12.8 Å². The van der Waals surface area contributed by atoms with Crippen LogP contribution in [0.3, 0.4) is 0 Å². The molecule has 1 N–H and O–H groups in total. The summed E-state index contributed by atoms with van der Waals surface area (Å²) in [6.45, 7) is 8.11. The molecule has 2 aromatic carbocycles. The molecule has 0 unspecified atom stereocenters. The summed E-state index contributed by atoms with van der Waals surface area (Å²) in [6, 6.07) is 11.6. The lowest BCUT2D eigenvalue weighted by molar-refractivity contribution is -0.118. The fraction of sp³-hybridized carbons (Fsp3) is 0.333. The second-order valence-electron chi connectivity index (χ2n) is 8.02. The highest BCUT2D eigenvalue weighted by Gasteiger charge is 2.16. The van der Waals surface area contributed by atoms with Crippen molar-refractivity contribution in [1.82, 2.24) is 19.8 Å². The van der Waals surface area contributed by atoms with Crippen LogP contribution in [0.25, 0.3) is 15.5 Å². The van der Waals surface area contributed by atoms with Gasteiger partial charge in [0.15, 0.2) is 12.4 Å². The largest absolute Gasteiger partial charge is 0.495 e. The highest BCUT2D eigenvalue weighted by molar-refractivity contribution is 7.19. The van der Waals surface area contributed by atoms with Gasteiger partial charge in [-0.25, -0.2) is 0 Å². The fourth-order valence-electron chi connectivity index (χ4n) is 3.51. The minimum Gasteiger partial charge on any atom is -0.495 e. The number of amides is 1. The number of carbonyl (C=O) groups is 1. The molecule has 0 bridgehead atoms. The van der Waals surface area contributed by atoms with Gasteiger partial charge in [-0.05, 0) is 48.2 Å². The first-order valence-electron chi connectivity index (χ1n) is 10.8. The van der Waals surface area contributed by atoms with Crippen molar-refractivity contribution in [2.45, 2.75) is 40.0 Å². The quantitative estimate of drug-likeness (QED) is 0.399. The van der Waals surface area contributed by atoms with Gasteiger partial charge in [-0.1, -0.05) is 44.2 Å². The first-order valence-corrected chi connectivity index (χ1v) is 11.6. The third-order valence-corrected chi connectivity index (χ3v) is 6.19. The summed E-state index contributed by atoms with van der Waals surface area (Å²) >= 11 is 1.44. The maximum atomic E-state index is 12.7. The van der Waals surface area contributed by atoms with Crippen LogP contribution in [0.4, 0.5) is 5.69 Å². The van der Waals surface area contributed by atoms with Crippen molar-refractivity contribution in [3.63, 3.8) is 0 Å². The van der Waals surface area contributed by atoms with E-state index < -0.39 is 0 Å². The summed E-state index contributed by atoms with van der Waals surface area (Å²) in [6.07, 6.45) is 0.744. The molecule has 4 rings (SSSR count). The van der Waals surface area contributed by atoms with E-state index in [4.69, 9.17) is 9.47 Å². The van der Waals surface area contributed by atoms with Crippen LogP contribution in [0.1, 0.15) is 43.6 Å². The Hall–Kier alpha value is -3.46. The van der Waals surface area contributed by atoms with Crippen LogP contribution < -0.4 is 14.8 Å². The second kappa shape index (κ2) is 9.58. The number of aromatic nitrogens is 4. The van der Waals surface area contributed by atoms with E-state index in [-0.39, 0.29) is 12.5 Å². The van der Waals surface area contributed by atoms with E-state index in [0.717, 1.165) is 44.7 Å². The number of methoxy groups -OCH3 is 1. The molecule has 0 atom stereocenters. The lowest BCUT2D eigenvalue weighted by Crippen LogP contribution is -2.21. The molecule has 0 aliphatic heterocycles. The fourth-order valence-corrected chi connectivity index (χ4v) is 4.36. The van der Waals surface area contributed by atoms with Crippen LogP contribution in [0.15, 0.2) is 36.4 Å². The average molecular weight is 466 g/mol. The van der Waals surface area contributed by atoms with Crippen LogP contribution in [0, 0.1) is 6.92 Å². The number of aryl methyl sites for hydroxylation is 2. The van der Waals surface area contributed by atoms with Gasteiger partial charge in [0, 0.05) is 12.0 Å². The predicted octanol–water partition coefficient (Wildman–Crippen LogP) is 4.87. The van der Waals surface area contributed by atoms with E-state index in [2.05, 4.69) is 34.5 Å². The average Bonchev–Trinajstić information content (AvgIpc) is 3.38. The second-order valence-corrected chi connectivity index (χ2v) is 8.98. The molecular formula is C24H27N5O3S. The van der Waals surface area contributed by atoms with Gasteiger partial charge in [0.1, 0.15) is 16.5 Å². The molecule has 0 saturated carbocycles. The van der Waals surface area contributed by atoms with E-state index in [1.807, 2.05) is 50.2 Å². The molecule has 8 nitrogen and oxygen atoms in total. The van der Waals surface area contributed by atoms with Crippen LogP contribution >= 0.6 is 11.3 Å². The maximum Gasteiger partial charge on any atom is 0.262 e. The standard InChI is InChI=1S/C24H27N5O3S/c1-6-21-26-27-24-29(21)28-23(33-24)16-8-10-19(31-5)18(12-16)25-22(30)13-32-20-11-15(4)7-9-17(20)14(2)3/h7-12,14H,6,13H2,1-5H3,(H,25,30). The van der Waals surface area contributed by atoms with Crippen molar-refractivity contribution in [2.24, 2.45) is 0 Å². The topological polar surface area (TPSA) is 90.6 Å². The summed E-state index contributed by atoms with van der Waals surface area (Å²) in [4.78, 5) is 13.5. The van der Waals surface area contributed by atoms with Crippen LogP contribution in [-0.2, 0) is 11.2 Å². The Morgan fingerprint density at radius 1 is 1.15 bits per heavy atom. The van der Waals surface area contributed by atoms with Gasteiger partial charge in [-0.3, -0.25) is 4.79 Å². The van der Waals surface area contributed by atoms with Crippen molar-refractivity contribution < 1.29 is 14.3 Å². The Morgan fingerprint density at radius 2 is 1.97 bits per heavy atom. The minimum atomic E-state index is -0.270. The number of hydrogen-bond acceptors (Lipinski definition) is 7. The zero-order valence-corrected chi connectivity index (χ0v) is 20.2. The van der Waals surface area contributed by atoms with E-state index in [0.29, 0.717) is 17.4 Å². The molecule has 0 radical (unpaired) electrons. The monoisotopic (exact) mass is 465 g/mol. The zero-order valence-electron chi connectivity index (χ0n) is 19.4. The predicted molar refractivity (Wildman–Crippen MR) is 129 cm³/mol. The smallest absolute Gasteiger partial charge is 0.262 e. The van der Waals surface area contributed by atoms with Crippen LogP contribution in [0.2, 0.25) is 0 Å². The molecule has 4 aromatic rings. The Labute approximate surface area is 196 Å². The SMILES string of the molecule is CCc1nnc2sc(-c3ccc(OC)c(NC(=O)COc4cc(C)ccc4C(C)C)c3)nn12. The number of benzene rings is 2. The summed E-state index contributed by atoms with van der Waals surface area (Å²) in [5.74, 6) is 2.12. The highest BCUT2D eigenvalue weighted by atomic mass is 32.1. The summed E-state index contributed by atoms with van der Waals surface area (Å²) < 4.78 is 13.1. The Balaban J connectivity index is 1.53. The molecule has 0 aliphatic rings. The van der Waals surface area contributed by atoms with Crippen molar-refractivity contribution >= 4 is 27.9 Å². The van der Waals surface area contributed by atoms with Crippen LogP contribution in [0.5, 0.6) is 11.5 Å². The number of carbonyl (C=O) groups excluding carboxylic acids is 1. The Kier molecular flexibility index (Phi) is 6.60. The van der Waals surface area contributed by atoms with Crippen molar-refractivity contribution in [3.8, 4) is 22.1 Å². The molecule has 0 spiro atoms. The van der Waals surface area contributed by atoms with E-state index in [1.165, 1.54) is 11.3 Å². The van der Waals surface area contributed by atoms with Gasteiger partial charge >= 0.3 is 0 Å². The van der Waals surface area contributed by atoms with Gasteiger partial charge < -0.3 is 14.8 Å². The van der Waals surface area contributed by atoms with Crippen molar-refractivity contribution in [3.05, 3.63) is 53.3 Å². The molecule has 2 heterocycles. The third kappa shape index (κ3) is 4.83. The third-order valence-electron chi connectivity index (χ3n) is 5.24. The van der Waals surface area contributed by atoms with E-state index in [1.54, 1.807) is 11.6 Å². The summed E-state index contributed by atoms with van der Waals surface area (Å²) in [5, 5.41) is 16.6. The Morgan fingerprint density at radius 3 is 2.70 bits per heavy atom. The first-order chi connectivity index (χ1) is 15.9. The normalized spacial score (nSPS) is 11.2. The van der Waals surface area contributed by atoms with Crippen molar-refractivity contribution in [2.75, 3.05) is 19.0 Å². The molecular weight excluding hydrogens is 438 g/mol. The summed E-state index contributed by atoms with van der Waals surface area (Å²) in [5.41, 5.74) is 3.56. The number of anilines is 1. The maximum absolute atomic E-state index is 12.7. The number of ether oxygens (including phenoxy) is 2. The molecule has 0 fully saturated rings. The highest BCUT2D eigenvalue weighted by Crippen LogP contribution is 2.33. The molecule has 0 aliphatic carbocycles. The van der Waals surface area contributed by atoms with E-state index >= 15 is 0 Å². The molecule has 172 valence electrons. The van der Waals surface area contributed by atoms with Crippen molar-refractivity contribution in [1.29, 1.82) is 0 Å².